The van der Waals surface area contributed by atoms with Crippen LogP contribution < -0.4 is 0 Å². The first-order valence-electron chi connectivity index (χ1n) is 6.06. The highest BCUT2D eigenvalue weighted by Gasteiger charge is 1.96. The number of hydrogen-bond acceptors (Lipinski definition) is 3. The Balaban J connectivity index is 0. The van der Waals surface area contributed by atoms with E-state index in [1.54, 1.807) is 7.11 Å². The molecule has 15 heavy (non-hydrogen) atoms. The van der Waals surface area contributed by atoms with Crippen LogP contribution >= 0.6 is 0 Å². The van der Waals surface area contributed by atoms with Gasteiger partial charge in [-0.15, -0.1) is 0 Å². The third-order valence-corrected chi connectivity index (χ3v) is 1.94. The number of ether oxygens (including phenoxy) is 2. The van der Waals surface area contributed by atoms with Gasteiger partial charge in [0.15, 0.2) is 0 Å². The fraction of sp³-hybridized carbons (Fsp3) is 1.00. The molecule has 0 amide bonds. The van der Waals surface area contributed by atoms with E-state index in [0.717, 1.165) is 13.2 Å². The van der Waals surface area contributed by atoms with Gasteiger partial charge in [-0.3, -0.25) is 0 Å². The molecule has 0 radical (unpaired) electrons. The van der Waals surface area contributed by atoms with Gasteiger partial charge in [0.05, 0.1) is 19.8 Å². The molecule has 0 saturated heterocycles. The Bertz CT molecular complexity index is 99.6. The van der Waals surface area contributed by atoms with Gasteiger partial charge in [0, 0.05) is 13.7 Å². The highest BCUT2D eigenvalue weighted by molar-refractivity contribution is 4.49. The van der Waals surface area contributed by atoms with Crippen LogP contribution in [0.5, 0.6) is 0 Å². The number of methoxy groups -OCH3 is 1. The Morgan fingerprint density at radius 2 is 1.67 bits per heavy atom. The van der Waals surface area contributed by atoms with E-state index in [-0.39, 0.29) is 0 Å². The lowest BCUT2D eigenvalue weighted by Gasteiger charge is -2.15. The molecule has 0 aliphatic rings. The lowest BCUT2D eigenvalue weighted by Crippen LogP contribution is -2.24. The minimum atomic E-state index is 0.693. The molecular weight excluding hydrogens is 190 g/mol. The molecule has 3 heteroatoms. The highest BCUT2D eigenvalue weighted by Crippen LogP contribution is 1.91. The van der Waals surface area contributed by atoms with E-state index < -0.39 is 0 Å². The Morgan fingerprint density at radius 3 is 2.20 bits per heavy atom. The van der Waals surface area contributed by atoms with E-state index in [9.17, 15) is 0 Å². The first-order valence-corrected chi connectivity index (χ1v) is 6.06. The smallest absolute Gasteiger partial charge is 0.0700 e. The fourth-order valence-electron chi connectivity index (χ4n) is 1.00. The van der Waals surface area contributed by atoms with E-state index in [4.69, 9.17) is 9.47 Å². The SMILES string of the molecule is CC.CCCCN(C)CCOCCOC. The number of rotatable bonds is 9. The van der Waals surface area contributed by atoms with Gasteiger partial charge in [-0.25, -0.2) is 0 Å². The Kier molecular flexibility index (Phi) is 18.8. The van der Waals surface area contributed by atoms with Crippen LogP contribution in [-0.4, -0.2) is 52.0 Å². The average molecular weight is 219 g/mol. The molecule has 0 heterocycles. The van der Waals surface area contributed by atoms with Crippen molar-refractivity contribution >= 4 is 0 Å². The quantitative estimate of drug-likeness (QED) is 0.556. The van der Waals surface area contributed by atoms with E-state index in [0.29, 0.717) is 13.2 Å². The molecule has 0 unspecified atom stereocenters. The Morgan fingerprint density at radius 1 is 1.00 bits per heavy atom. The first-order chi connectivity index (χ1) is 7.31. The van der Waals surface area contributed by atoms with Crippen molar-refractivity contribution in [3.8, 4) is 0 Å². The number of hydrogen-bond donors (Lipinski definition) is 0. The first kappa shape index (κ1) is 17.3. The monoisotopic (exact) mass is 219 g/mol. The maximum absolute atomic E-state index is 5.36. The summed E-state index contributed by atoms with van der Waals surface area (Å²) in [6, 6.07) is 0. The van der Waals surface area contributed by atoms with Crippen LogP contribution in [0.15, 0.2) is 0 Å². The average Bonchev–Trinajstić information content (AvgIpc) is 2.29. The molecule has 0 aromatic carbocycles. The van der Waals surface area contributed by atoms with E-state index in [1.807, 2.05) is 13.8 Å². The van der Waals surface area contributed by atoms with Gasteiger partial charge in [-0.1, -0.05) is 27.2 Å². The molecule has 0 aromatic rings. The maximum Gasteiger partial charge on any atom is 0.0700 e. The summed E-state index contributed by atoms with van der Waals surface area (Å²) < 4.78 is 10.2. The van der Waals surface area contributed by atoms with Crippen LogP contribution in [0, 0.1) is 0 Å². The zero-order valence-corrected chi connectivity index (χ0v) is 11.2. The van der Waals surface area contributed by atoms with Crippen molar-refractivity contribution in [3.05, 3.63) is 0 Å². The van der Waals surface area contributed by atoms with E-state index >= 15 is 0 Å². The van der Waals surface area contributed by atoms with Crippen molar-refractivity contribution in [1.82, 2.24) is 4.90 Å². The van der Waals surface area contributed by atoms with Crippen molar-refractivity contribution in [2.45, 2.75) is 33.6 Å². The zero-order chi connectivity index (χ0) is 11.9. The predicted octanol–water partition coefficient (Wildman–Crippen LogP) is 2.41. The fourth-order valence-corrected chi connectivity index (χ4v) is 1.00. The third kappa shape index (κ3) is 16.5. The summed E-state index contributed by atoms with van der Waals surface area (Å²) in [7, 11) is 3.83. The highest BCUT2D eigenvalue weighted by atomic mass is 16.5. The number of unbranched alkanes of at least 4 members (excludes halogenated alkanes) is 1. The molecular formula is C12H29NO2. The molecule has 0 fully saturated rings. The van der Waals surface area contributed by atoms with Crippen molar-refractivity contribution in [1.29, 1.82) is 0 Å². The summed E-state index contributed by atoms with van der Waals surface area (Å²) >= 11 is 0. The van der Waals surface area contributed by atoms with Crippen LogP contribution in [0.25, 0.3) is 0 Å². The molecule has 0 rings (SSSR count). The van der Waals surface area contributed by atoms with E-state index in [1.165, 1.54) is 19.4 Å². The third-order valence-electron chi connectivity index (χ3n) is 1.94. The lowest BCUT2D eigenvalue weighted by molar-refractivity contribution is 0.0605. The Labute approximate surface area is 95.7 Å². The summed E-state index contributed by atoms with van der Waals surface area (Å²) in [6.45, 7) is 10.6. The molecule has 0 atom stereocenters. The second-order valence-electron chi connectivity index (χ2n) is 3.26. The second kappa shape index (κ2) is 16.3. The van der Waals surface area contributed by atoms with Crippen molar-refractivity contribution in [2.75, 3.05) is 47.1 Å². The molecule has 0 aromatic heterocycles. The molecule has 0 aliphatic heterocycles. The molecule has 94 valence electrons. The topological polar surface area (TPSA) is 21.7 Å². The number of nitrogens with zero attached hydrogens (tertiary/aromatic N) is 1. The largest absolute Gasteiger partial charge is 0.382 e. The summed E-state index contributed by atoms with van der Waals surface area (Å²) in [4.78, 5) is 2.30. The van der Waals surface area contributed by atoms with Crippen LogP contribution in [0.3, 0.4) is 0 Å². The van der Waals surface area contributed by atoms with Crippen LogP contribution in [-0.2, 0) is 9.47 Å². The minimum absolute atomic E-state index is 0.693. The van der Waals surface area contributed by atoms with Gasteiger partial charge < -0.3 is 14.4 Å². The summed E-state index contributed by atoms with van der Waals surface area (Å²) in [5.41, 5.74) is 0. The predicted molar refractivity (Wildman–Crippen MR) is 66.4 cm³/mol. The van der Waals surface area contributed by atoms with Gasteiger partial charge in [0.25, 0.3) is 0 Å². The van der Waals surface area contributed by atoms with Gasteiger partial charge in [0.1, 0.15) is 0 Å². The van der Waals surface area contributed by atoms with Crippen LogP contribution in [0.4, 0.5) is 0 Å². The van der Waals surface area contributed by atoms with Crippen LogP contribution in [0.2, 0.25) is 0 Å². The lowest BCUT2D eigenvalue weighted by atomic mass is 10.3. The van der Waals surface area contributed by atoms with Gasteiger partial charge in [0.2, 0.25) is 0 Å². The molecule has 0 spiro atoms. The van der Waals surface area contributed by atoms with Gasteiger partial charge >= 0.3 is 0 Å². The zero-order valence-electron chi connectivity index (χ0n) is 11.2. The van der Waals surface area contributed by atoms with Crippen molar-refractivity contribution in [3.63, 3.8) is 0 Å². The van der Waals surface area contributed by atoms with Crippen molar-refractivity contribution < 1.29 is 9.47 Å². The number of likely N-dealkylation sites (N-methyl/N-ethyl adjacent to an activating group) is 1. The normalized spacial score (nSPS) is 10.0. The summed E-state index contributed by atoms with van der Waals surface area (Å²) in [6.07, 6.45) is 2.53. The second-order valence-corrected chi connectivity index (χ2v) is 3.26. The van der Waals surface area contributed by atoms with Gasteiger partial charge in [-0.05, 0) is 20.0 Å². The summed E-state index contributed by atoms with van der Waals surface area (Å²) in [5, 5.41) is 0. The van der Waals surface area contributed by atoms with Crippen LogP contribution in [0.1, 0.15) is 33.6 Å². The molecule has 0 N–H and O–H groups in total. The molecule has 0 aliphatic carbocycles. The molecule has 0 saturated carbocycles. The maximum atomic E-state index is 5.36. The molecule has 3 nitrogen and oxygen atoms in total. The Hall–Kier alpha value is -0.120. The molecule has 0 bridgehead atoms. The standard InChI is InChI=1S/C10H23NO2.C2H6/c1-4-5-6-11(2)7-8-13-10-9-12-3;1-2/h4-10H2,1-3H3;1-2H3. The summed E-state index contributed by atoms with van der Waals surface area (Å²) in [5.74, 6) is 0. The van der Waals surface area contributed by atoms with Gasteiger partial charge in [-0.2, -0.15) is 0 Å². The minimum Gasteiger partial charge on any atom is -0.382 e. The van der Waals surface area contributed by atoms with E-state index in [2.05, 4.69) is 18.9 Å². The van der Waals surface area contributed by atoms with Crippen molar-refractivity contribution in [2.24, 2.45) is 0 Å².